The Kier molecular flexibility index (Phi) is 6.99. The van der Waals surface area contributed by atoms with Crippen LogP contribution in [0.3, 0.4) is 0 Å². The van der Waals surface area contributed by atoms with Gasteiger partial charge in [0.05, 0.1) is 5.92 Å². The first-order chi connectivity index (χ1) is 13.9. The summed E-state index contributed by atoms with van der Waals surface area (Å²) in [4.78, 5) is 29.5. The highest BCUT2D eigenvalue weighted by molar-refractivity contribution is 5.94. The van der Waals surface area contributed by atoms with Crippen molar-refractivity contribution in [2.45, 2.75) is 12.3 Å². The Labute approximate surface area is 171 Å². The molecule has 0 aromatic heterocycles. The lowest BCUT2D eigenvalue weighted by atomic mass is 9.83. The number of likely N-dealkylation sites (N-methyl/N-ethyl adjacent to an activating group) is 1. The van der Waals surface area contributed by atoms with Crippen LogP contribution in [0.1, 0.15) is 28.3 Å². The molecular weight excluding hydrogens is 369 g/mol. The van der Waals surface area contributed by atoms with E-state index in [0.29, 0.717) is 31.6 Å². The first-order valence-corrected chi connectivity index (χ1v) is 9.96. The third-order valence-electron chi connectivity index (χ3n) is 5.31. The molecule has 1 saturated heterocycles. The van der Waals surface area contributed by atoms with Gasteiger partial charge in [0.15, 0.2) is 0 Å². The second-order valence-electron chi connectivity index (χ2n) is 7.86. The minimum absolute atomic E-state index is 0.0375. The van der Waals surface area contributed by atoms with Crippen molar-refractivity contribution in [3.63, 3.8) is 0 Å². The number of hydrogen-bond donors (Lipinski definition) is 1. The van der Waals surface area contributed by atoms with Crippen molar-refractivity contribution in [3.05, 3.63) is 71.5 Å². The van der Waals surface area contributed by atoms with Crippen LogP contribution in [-0.2, 0) is 4.79 Å². The summed E-state index contributed by atoms with van der Waals surface area (Å²) in [6.07, 6.45) is 0.685. The normalized spacial score (nSPS) is 19.2. The highest BCUT2D eigenvalue weighted by Crippen LogP contribution is 2.31. The van der Waals surface area contributed by atoms with Crippen LogP contribution in [0.2, 0.25) is 0 Å². The Morgan fingerprint density at radius 3 is 2.55 bits per heavy atom. The zero-order chi connectivity index (χ0) is 20.8. The molecule has 1 N–H and O–H groups in total. The van der Waals surface area contributed by atoms with Gasteiger partial charge in [-0.2, -0.15) is 0 Å². The van der Waals surface area contributed by atoms with Crippen molar-refractivity contribution in [1.82, 2.24) is 15.1 Å². The number of likely N-dealkylation sites (tertiary alicyclic amines) is 1. The van der Waals surface area contributed by atoms with Crippen molar-refractivity contribution < 1.29 is 14.0 Å². The molecule has 1 heterocycles. The summed E-state index contributed by atoms with van der Waals surface area (Å²) >= 11 is 0. The van der Waals surface area contributed by atoms with Gasteiger partial charge in [0.25, 0.3) is 5.91 Å². The predicted octanol–water partition coefficient (Wildman–Crippen LogP) is 2.75. The number of rotatable bonds is 6. The van der Waals surface area contributed by atoms with Crippen LogP contribution < -0.4 is 5.32 Å². The minimum atomic E-state index is -0.439. The number of carbonyl (C=O) groups excluding carboxylic acids is 2. The summed E-state index contributed by atoms with van der Waals surface area (Å²) in [6, 6.07) is 15.7. The van der Waals surface area contributed by atoms with Gasteiger partial charge in [-0.15, -0.1) is 0 Å². The molecule has 2 aromatic rings. The second kappa shape index (κ2) is 9.65. The molecule has 0 unspecified atom stereocenters. The largest absolute Gasteiger partial charge is 0.355 e. The molecule has 1 aliphatic heterocycles. The molecule has 0 aliphatic carbocycles. The van der Waals surface area contributed by atoms with Crippen LogP contribution >= 0.6 is 0 Å². The van der Waals surface area contributed by atoms with E-state index in [1.165, 1.54) is 18.2 Å². The SMILES string of the molecule is CN(C)CCNC(=O)[C@@H]1C[C@@H](c2ccccc2)CN(C(=O)c2cccc(F)c2)C1. The van der Waals surface area contributed by atoms with Crippen LogP contribution in [-0.4, -0.2) is 61.9 Å². The number of piperidine rings is 1. The Morgan fingerprint density at radius 2 is 1.86 bits per heavy atom. The third kappa shape index (κ3) is 5.64. The first-order valence-electron chi connectivity index (χ1n) is 9.96. The van der Waals surface area contributed by atoms with Gasteiger partial charge >= 0.3 is 0 Å². The van der Waals surface area contributed by atoms with E-state index in [2.05, 4.69) is 5.32 Å². The topological polar surface area (TPSA) is 52.7 Å². The number of nitrogens with one attached hydrogen (secondary N) is 1. The summed E-state index contributed by atoms with van der Waals surface area (Å²) in [7, 11) is 3.91. The summed E-state index contributed by atoms with van der Waals surface area (Å²) in [6.45, 7) is 2.18. The number of halogens is 1. The van der Waals surface area contributed by atoms with E-state index in [4.69, 9.17) is 0 Å². The van der Waals surface area contributed by atoms with Crippen molar-refractivity contribution in [2.24, 2.45) is 5.92 Å². The van der Waals surface area contributed by atoms with Crippen molar-refractivity contribution in [3.8, 4) is 0 Å². The quantitative estimate of drug-likeness (QED) is 0.816. The number of hydrogen-bond acceptors (Lipinski definition) is 3. The van der Waals surface area contributed by atoms with Gasteiger partial charge in [-0.1, -0.05) is 36.4 Å². The van der Waals surface area contributed by atoms with Gasteiger partial charge in [0, 0.05) is 37.7 Å². The molecule has 2 amide bonds. The van der Waals surface area contributed by atoms with Crippen molar-refractivity contribution >= 4 is 11.8 Å². The molecule has 2 atom stereocenters. The van der Waals surface area contributed by atoms with Gasteiger partial charge in [-0.05, 0) is 44.3 Å². The van der Waals surface area contributed by atoms with Crippen molar-refractivity contribution in [2.75, 3.05) is 40.3 Å². The average molecular weight is 397 g/mol. The molecule has 6 heteroatoms. The maximum absolute atomic E-state index is 13.6. The molecule has 1 fully saturated rings. The van der Waals surface area contributed by atoms with E-state index in [1.807, 2.05) is 49.3 Å². The maximum Gasteiger partial charge on any atom is 0.253 e. The predicted molar refractivity (Wildman–Crippen MR) is 111 cm³/mol. The standard InChI is InChI=1S/C23H28FN3O2/c1-26(2)12-11-25-22(28)20-13-19(17-7-4-3-5-8-17)15-27(16-20)23(29)18-9-6-10-21(24)14-18/h3-10,14,19-20H,11-13,15-16H2,1-2H3,(H,25,28)/t19-,20-/m1/s1. The van der Waals surface area contributed by atoms with E-state index in [0.717, 1.165) is 12.1 Å². The van der Waals surface area contributed by atoms with Crippen molar-refractivity contribution in [1.29, 1.82) is 0 Å². The zero-order valence-corrected chi connectivity index (χ0v) is 17.0. The first kappa shape index (κ1) is 21.0. The molecule has 0 bridgehead atoms. The maximum atomic E-state index is 13.6. The molecule has 0 spiro atoms. The Bertz CT molecular complexity index is 841. The molecule has 29 heavy (non-hydrogen) atoms. The van der Waals surface area contributed by atoms with Crippen LogP contribution in [0.5, 0.6) is 0 Å². The van der Waals surface area contributed by atoms with E-state index in [9.17, 15) is 14.0 Å². The number of benzene rings is 2. The van der Waals surface area contributed by atoms with Crippen LogP contribution in [0.15, 0.2) is 54.6 Å². The van der Waals surface area contributed by atoms with E-state index in [-0.39, 0.29) is 23.7 Å². The highest BCUT2D eigenvalue weighted by atomic mass is 19.1. The third-order valence-corrected chi connectivity index (χ3v) is 5.31. The Balaban J connectivity index is 1.78. The summed E-state index contributed by atoms with van der Waals surface area (Å²) in [5.74, 6) is -0.952. The van der Waals surface area contributed by atoms with E-state index < -0.39 is 5.82 Å². The zero-order valence-electron chi connectivity index (χ0n) is 17.0. The highest BCUT2D eigenvalue weighted by Gasteiger charge is 2.34. The van der Waals surface area contributed by atoms with Gasteiger partial charge < -0.3 is 15.1 Å². The molecule has 1 aliphatic rings. The average Bonchev–Trinajstić information content (AvgIpc) is 2.73. The molecule has 5 nitrogen and oxygen atoms in total. The number of nitrogens with zero attached hydrogens (tertiary/aromatic N) is 2. The van der Waals surface area contributed by atoms with E-state index >= 15 is 0 Å². The Morgan fingerprint density at radius 1 is 1.10 bits per heavy atom. The minimum Gasteiger partial charge on any atom is -0.355 e. The molecule has 3 rings (SSSR count). The number of carbonyl (C=O) groups is 2. The fourth-order valence-corrected chi connectivity index (χ4v) is 3.77. The fraction of sp³-hybridized carbons (Fsp3) is 0.391. The summed E-state index contributed by atoms with van der Waals surface area (Å²) in [5.41, 5.74) is 1.42. The Hall–Kier alpha value is -2.73. The molecule has 154 valence electrons. The number of amides is 2. The molecule has 2 aromatic carbocycles. The fourth-order valence-electron chi connectivity index (χ4n) is 3.77. The molecule has 0 radical (unpaired) electrons. The van der Waals surface area contributed by atoms with Gasteiger partial charge in [0.1, 0.15) is 5.82 Å². The van der Waals surface area contributed by atoms with Gasteiger partial charge in [-0.25, -0.2) is 4.39 Å². The van der Waals surface area contributed by atoms with Crippen LogP contribution in [0.4, 0.5) is 4.39 Å². The molecule has 0 saturated carbocycles. The monoisotopic (exact) mass is 397 g/mol. The lowest BCUT2D eigenvalue weighted by molar-refractivity contribution is -0.126. The van der Waals surface area contributed by atoms with Crippen LogP contribution in [0, 0.1) is 11.7 Å². The smallest absolute Gasteiger partial charge is 0.253 e. The van der Waals surface area contributed by atoms with Gasteiger partial charge in [-0.3, -0.25) is 9.59 Å². The lowest BCUT2D eigenvalue weighted by Gasteiger charge is -2.37. The summed E-state index contributed by atoms with van der Waals surface area (Å²) < 4.78 is 13.6. The van der Waals surface area contributed by atoms with Gasteiger partial charge in [0.2, 0.25) is 5.91 Å². The lowest BCUT2D eigenvalue weighted by Crippen LogP contribution is -2.48. The van der Waals surface area contributed by atoms with E-state index in [1.54, 1.807) is 11.0 Å². The molecular formula is C23H28FN3O2. The second-order valence-corrected chi connectivity index (χ2v) is 7.86. The van der Waals surface area contributed by atoms with Crippen LogP contribution in [0.25, 0.3) is 0 Å². The summed E-state index contributed by atoms with van der Waals surface area (Å²) in [5, 5.41) is 2.99.